The Bertz CT molecular complexity index is 770. The molecule has 1 fully saturated rings. The molecule has 1 aliphatic rings. The SMILES string of the molecule is Cc1cccc(N2CCN(C(=O)CCNc3cccc(F)c3)CC2)c1C. The number of nitrogens with zero attached hydrogens (tertiary/aromatic N) is 2. The normalized spacial score (nSPS) is 14.4. The van der Waals surface area contributed by atoms with E-state index in [1.54, 1.807) is 12.1 Å². The molecule has 0 aliphatic carbocycles. The molecule has 0 aromatic heterocycles. The maximum absolute atomic E-state index is 13.2. The van der Waals surface area contributed by atoms with Crippen LogP contribution in [0, 0.1) is 19.7 Å². The highest BCUT2D eigenvalue weighted by atomic mass is 19.1. The van der Waals surface area contributed by atoms with Crippen LogP contribution >= 0.6 is 0 Å². The number of aryl methyl sites for hydroxylation is 1. The summed E-state index contributed by atoms with van der Waals surface area (Å²) in [6.45, 7) is 7.99. The van der Waals surface area contributed by atoms with Crippen molar-refractivity contribution in [3.8, 4) is 0 Å². The first-order chi connectivity index (χ1) is 12.5. The smallest absolute Gasteiger partial charge is 0.224 e. The minimum Gasteiger partial charge on any atom is -0.384 e. The Morgan fingerprint density at radius 1 is 1.08 bits per heavy atom. The van der Waals surface area contributed by atoms with Crippen LogP contribution in [0.1, 0.15) is 17.5 Å². The lowest BCUT2D eigenvalue weighted by atomic mass is 10.1. The summed E-state index contributed by atoms with van der Waals surface area (Å²) in [7, 11) is 0. The lowest BCUT2D eigenvalue weighted by molar-refractivity contribution is -0.131. The third-order valence-corrected chi connectivity index (χ3v) is 5.04. The molecule has 5 heteroatoms. The molecule has 1 amide bonds. The van der Waals surface area contributed by atoms with Gasteiger partial charge in [0.1, 0.15) is 5.82 Å². The minimum absolute atomic E-state index is 0.148. The largest absolute Gasteiger partial charge is 0.384 e. The van der Waals surface area contributed by atoms with Crippen molar-refractivity contribution in [2.24, 2.45) is 0 Å². The van der Waals surface area contributed by atoms with Gasteiger partial charge in [0.2, 0.25) is 5.91 Å². The highest BCUT2D eigenvalue weighted by Gasteiger charge is 2.21. The quantitative estimate of drug-likeness (QED) is 0.890. The second-order valence-corrected chi connectivity index (χ2v) is 6.77. The first kappa shape index (κ1) is 18.2. The van der Waals surface area contributed by atoms with Gasteiger partial charge in [-0.3, -0.25) is 4.79 Å². The first-order valence-corrected chi connectivity index (χ1v) is 9.13. The predicted octanol–water partition coefficient (Wildman–Crippen LogP) is 3.59. The summed E-state index contributed by atoms with van der Waals surface area (Å²) in [4.78, 5) is 16.7. The summed E-state index contributed by atoms with van der Waals surface area (Å²) in [5.74, 6) is -0.126. The van der Waals surface area contributed by atoms with Gasteiger partial charge < -0.3 is 15.1 Å². The van der Waals surface area contributed by atoms with Crippen LogP contribution in [0.2, 0.25) is 0 Å². The van der Waals surface area contributed by atoms with Crippen molar-refractivity contribution in [3.05, 3.63) is 59.4 Å². The van der Waals surface area contributed by atoms with E-state index in [2.05, 4.69) is 42.3 Å². The summed E-state index contributed by atoms with van der Waals surface area (Å²) in [6.07, 6.45) is 0.417. The number of piperazine rings is 1. The van der Waals surface area contributed by atoms with Crippen LogP contribution in [0.5, 0.6) is 0 Å². The zero-order valence-electron chi connectivity index (χ0n) is 15.5. The van der Waals surface area contributed by atoms with E-state index < -0.39 is 0 Å². The highest BCUT2D eigenvalue weighted by molar-refractivity contribution is 5.77. The predicted molar refractivity (Wildman–Crippen MR) is 104 cm³/mol. The number of rotatable bonds is 5. The van der Waals surface area contributed by atoms with Gasteiger partial charge in [-0.2, -0.15) is 0 Å². The molecule has 0 unspecified atom stereocenters. The van der Waals surface area contributed by atoms with Crippen molar-refractivity contribution in [2.75, 3.05) is 42.9 Å². The van der Waals surface area contributed by atoms with Gasteiger partial charge in [0.15, 0.2) is 0 Å². The lowest BCUT2D eigenvalue weighted by Gasteiger charge is -2.37. The third-order valence-electron chi connectivity index (χ3n) is 5.04. The standard InChI is InChI=1S/C21H26FN3O/c1-16-5-3-8-20(17(16)2)24-11-13-25(14-12-24)21(26)9-10-23-19-7-4-6-18(22)15-19/h3-8,15,23H,9-14H2,1-2H3. The summed E-state index contributed by atoms with van der Waals surface area (Å²) in [5.41, 5.74) is 4.58. The van der Waals surface area contributed by atoms with Gasteiger partial charge >= 0.3 is 0 Å². The molecule has 0 saturated carbocycles. The Hall–Kier alpha value is -2.56. The maximum atomic E-state index is 13.2. The van der Waals surface area contributed by atoms with Crippen molar-refractivity contribution >= 4 is 17.3 Å². The summed E-state index contributed by atoms with van der Waals surface area (Å²) in [5, 5.41) is 3.11. The van der Waals surface area contributed by atoms with Crippen LogP contribution in [0.4, 0.5) is 15.8 Å². The zero-order valence-corrected chi connectivity index (χ0v) is 15.5. The highest BCUT2D eigenvalue weighted by Crippen LogP contribution is 2.24. The van der Waals surface area contributed by atoms with Crippen molar-refractivity contribution in [1.82, 2.24) is 4.90 Å². The lowest BCUT2D eigenvalue weighted by Crippen LogP contribution is -2.49. The summed E-state index contributed by atoms with van der Waals surface area (Å²) < 4.78 is 13.2. The molecule has 1 saturated heterocycles. The van der Waals surface area contributed by atoms with Gasteiger partial charge in [0.25, 0.3) is 0 Å². The number of carbonyl (C=O) groups is 1. The monoisotopic (exact) mass is 355 g/mol. The van der Waals surface area contributed by atoms with Crippen LogP contribution < -0.4 is 10.2 Å². The number of amides is 1. The second-order valence-electron chi connectivity index (χ2n) is 6.77. The molecular formula is C21H26FN3O. The van der Waals surface area contributed by atoms with E-state index in [1.807, 2.05) is 4.90 Å². The molecule has 0 radical (unpaired) electrons. The fraction of sp³-hybridized carbons (Fsp3) is 0.381. The molecule has 0 bridgehead atoms. The van der Waals surface area contributed by atoms with E-state index in [9.17, 15) is 9.18 Å². The molecule has 3 rings (SSSR count). The van der Waals surface area contributed by atoms with E-state index >= 15 is 0 Å². The first-order valence-electron chi connectivity index (χ1n) is 9.13. The number of hydrogen-bond donors (Lipinski definition) is 1. The van der Waals surface area contributed by atoms with Gasteiger partial charge in [-0.25, -0.2) is 4.39 Å². The van der Waals surface area contributed by atoms with Crippen molar-refractivity contribution in [2.45, 2.75) is 20.3 Å². The molecule has 1 aliphatic heterocycles. The summed E-state index contributed by atoms with van der Waals surface area (Å²) >= 11 is 0. The molecule has 2 aromatic carbocycles. The number of benzene rings is 2. The Balaban J connectivity index is 1.47. The number of halogens is 1. The number of hydrogen-bond acceptors (Lipinski definition) is 3. The van der Waals surface area contributed by atoms with Crippen molar-refractivity contribution in [1.29, 1.82) is 0 Å². The molecule has 1 N–H and O–H groups in total. The van der Waals surface area contributed by atoms with Crippen LogP contribution in [-0.2, 0) is 4.79 Å². The van der Waals surface area contributed by atoms with E-state index in [0.717, 1.165) is 26.2 Å². The Morgan fingerprint density at radius 3 is 2.54 bits per heavy atom. The van der Waals surface area contributed by atoms with Crippen LogP contribution in [0.25, 0.3) is 0 Å². The average Bonchev–Trinajstić information content (AvgIpc) is 2.64. The zero-order chi connectivity index (χ0) is 18.5. The van der Waals surface area contributed by atoms with Gasteiger partial charge in [0.05, 0.1) is 0 Å². The molecule has 0 atom stereocenters. The van der Waals surface area contributed by atoms with Gasteiger partial charge in [-0.1, -0.05) is 18.2 Å². The Labute approximate surface area is 154 Å². The van der Waals surface area contributed by atoms with E-state index in [0.29, 0.717) is 18.7 Å². The van der Waals surface area contributed by atoms with Crippen molar-refractivity contribution < 1.29 is 9.18 Å². The maximum Gasteiger partial charge on any atom is 0.224 e. The molecule has 4 nitrogen and oxygen atoms in total. The molecule has 26 heavy (non-hydrogen) atoms. The number of anilines is 2. The molecule has 2 aromatic rings. The average molecular weight is 355 g/mol. The van der Waals surface area contributed by atoms with Crippen LogP contribution in [-0.4, -0.2) is 43.5 Å². The minimum atomic E-state index is -0.274. The van der Waals surface area contributed by atoms with E-state index in [1.165, 1.54) is 28.9 Å². The Kier molecular flexibility index (Phi) is 5.76. The van der Waals surface area contributed by atoms with Gasteiger partial charge in [-0.15, -0.1) is 0 Å². The molecule has 138 valence electrons. The number of nitrogens with one attached hydrogen (secondary N) is 1. The molecular weight excluding hydrogens is 329 g/mol. The number of carbonyl (C=O) groups excluding carboxylic acids is 1. The Morgan fingerprint density at radius 2 is 1.81 bits per heavy atom. The molecule has 0 spiro atoms. The van der Waals surface area contributed by atoms with Crippen LogP contribution in [0.3, 0.4) is 0 Å². The topological polar surface area (TPSA) is 35.6 Å². The summed E-state index contributed by atoms with van der Waals surface area (Å²) in [6, 6.07) is 12.7. The third kappa shape index (κ3) is 4.34. The second kappa shape index (κ2) is 8.21. The van der Waals surface area contributed by atoms with Gasteiger partial charge in [-0.05, 0) is 49.2 Å². The van der Waals surface area contributed by atoms with Crippen molar-refractivity contribution in [3.63, 3.8) is 0 Å². The molecule has 1 heterocycles. The van der Waals surface area contributed by atoms with Gasteiger partial charge in [0, 0.05) is 50.5 Å². The van der Waals surface area contributed by atoms with Crippen LogP contribution in [0.15, 0.2) is 42.5 Å². The van der Waals surface area contributed by atoms with E-state index in [-0.39, 0.29) is 11.7 Å². The van der Waals surface area contributed by atoms with E-state index in [4.69, 9.17) is 0 Å². The fourth-order valence-corrected chi connectivity index (χ4v) is 3.35. The fourth-order valence-electron chi connectivity index (χ4n) is 3.35.